The Morgan fingerprint density at radius 1 is 1.50 bits per heavy atom. The monoisotopic (exact) mass is 164 g/mol. The molecule has 0 aromatic carbocycles. The Labute approximate surface area is 76.1 Å². The molecule has 0 N–H and O–H groups in total. The van der Waals surface area contributed by atoms with E-state index < -0.39 is 0 Å². The Hall–Kier alpha value is -0.260. The average molecular weight is 164 g/mol. The van der Waals surface area contributed by atoms with E-state index in [4.69, 9.17) is 0 Å². The number of rotatable bonds is 2. The summed E-state index contributed by atoms with van der Waals surface area (Å²) in [5, 5.41) is 0. The predicted octanol–water partition coefficient (Wildman–Crippen LogP) is 3.92. The first-order valence-corrected chi connectivity index (χ1v) is 5.34. The molecule has 2 aliphatic rings. The van der Waals surface area contributed by atoms with Crippen molar-refractivity contribution in [2.45, 2.75) is 52.4 Å². The highest BCUT2D eigenvalue weighted by Crippen LogP contribution is 2.51. The van der Waals surface area contributed by atoms with E-state index in [1.165, 1.54) is 38.5 Å². The lowest BCUT2D eigenvalue weighted by Crippen LogP contribution is -2.10. The van der Waals surface area contributed by atoms with Crippen molar-refractivity contribution in [1.29, 1.82) is 0 Å². The largest absolute Gasteiger partial charge is 0.0856 e. The lowest BCUT2D eigenvalue weighted by Gasteiger charge is -2.23. The van der Waals surface area contributed by atoms with Crippen LogP contribution in [0.4, 0.5) is 0 Å². The standard InChI is InChI=1S/C12H20/c1-10-4-3-5-11(8-10)9-12(2)6-7-12/h4,11H,3,5-9H2,1-2H3. The summed E-state index contributed by atoms with van der Waals surface area (Å²) in [6, 6.07) is 0. The molecule has 0 amide bonds. The van der Waals surface area contributed by atoms with Gasteiger partial charge in [-0.25, -0.2) is 0 Å². The van der Waals surface area contributed by atoms with Crippen molar-refractivity contribution in [2.75, 3.05) is 0 Å². The van der Waals surface area contributed by atoms with Gasteiger partial charge in [-0.1, -0.05) is 18.6 Å². The summed E-state index contributed by atoms with van der Waals surface area (Å²) in [4.78, 5) is 0. The van der Waals surface area contributed by atoms with Crippen LogP contribution in [-0.2, 0) is 0 Å². The zero-order valence-electron chi connectivity index (χ0n) is 8.40. The molecule has 1 unspecified atom stereocenters. The number of hydrogen-bond acceptors (Lipinski definition) is 0. The lowest BCUT2D eigenvalue weighted by atomic mass is 9.82. The molecule has 1 saturated carbocycles. The van der Waals surface area contributed by atoms with Gasteiger partial charge >= 0.3 is 0 Å². The van der Waals surface area contributed by atoms with Crippen LogP contribution >= 0.6 is 0 Å². The number of allylic oxidation sites excluding steroid dienone is 2. The van der Waals surface area contributed by atoms with Gasteiger partial charge in [-0.3, -0.25) is 0 Å². The van der Waals surface area contributed by atoms with Gasteiger partial charge in [0.15, 0.2) is 0 Å². The van der Waals surface area contributed by atoms with Crippen molar-refractivity contribution in [3.8, 4) is 0 Å². The third-order valence-corrected chi connectivity index (χ3v) is 3.56. The van der Waals surface area contributed by atoms with Crippen molar-refractivity contribution < 1.29 is 0 Å². The Bertz CT molecular complexity index is 196. The smallest absolute Gasteiger partial charge is 0.0294 e. The molecule has 0 radical (unpaired) electrons. The van der Waals surface area contributed by atoms with E-state index in [0.717, 1.165) is 11.3 Å². The van der Waals surface area contributed by atoms with Crippen molar-refractivity contribution in [3.63, 3.8) is 0 Å². The Morgan fingerprint density at radius 2 is 2.25 bits per heavy atom. The molecular formula is C12H20. The molecule has 0 heterocycles. The molecular weight excluding hydrogens is 144 g/mol. The van der Waals surface area contributed by atoms with Gasteiger partial charge in [0.05, 0.1) is 0 Å². The summed E-state index contributed by atoms with van der Waals surface area (Å²) in [6.07, 6.45) is 11.1. The zero-order valence-corrected chi connectivity index (χ0v) is 8.40. The summed E-state index contributed by atoms with van der Waals surface area (Å²) in [7, 11) is 0. The molecule has 2 aliphatic carbocycles. The molecule has 0 spiro atoms. The van der Waals surface area contributed by atoms with E-state index in [1.54, 1.807) is 5.57 Å². The normalized spacial score (nSPS) is 32.8. The van der Waals surface area contributed by atoms with Gasteiger partial charge in [0.2, 0.25) is 0 Å². The minimum Gasteiger partial charge on any atom is -0.0856 e. The van der Waals surface area contributed by atoms with Crippen LogP contribution in [0.3, 0.4) is 0 Å². The minimum absolute atomic E-state index is 0.766. The quantitative estimate of drug-likeness (QED) is 0.543. The van der Waals surface area contributed by atoms with Gasteiger partial charge in [0.1, 0.15) is 0 Å². The van der Waals surface area contributed by atoms with Crippen molar-refractivity contribution in [2.24, 2.45) is 11.3 Å². The van der Waals surface area contributed by atoms with Gasteiger partial charge in [-0.05, 0) is 56.8 Å². The average Bonchev–Trinajstić information content (AvgIpc) is 2.67. The van der Waals surface area contributed by atoms with Crippen LogP contribution in [0.5, 0.6) is 0 Å². The maximum atomic E-state index is 2.46. The summed E-state index contributed by atoms with van der Waals surface area (Å²) < 4.78 is 0. The molecule has 1 fully saturated rings. The summed E-state index contributed by atoms with van der Waals surface area (Å²) in [6.45, 7) is 4.75. The topological polar surface area (TPSA) is 0 Å². The van der Waals surface area contributed by atoms with Gasteiger partial charge in [0, 0.05) is 0 Å². The Balaban J connectivity index is 1.85. The SMILES string of the molecule is CC1=CCCC(CC2(C)CC2)C1. The zero-order chi connectivity index (χ0) is 8.60. The fourth-order valence-corrected chi connectivity index (χ4v) is 2.49. The van der Waals surface area contributed by atoms with E-state index in [1.807, 2.05) is 0 Å². The predicted molar refractivity (Wildman–Crippen MR) is 53.1 cm³/mol. The van der Waals surface area contributed by atoms with E-state index >= 15 is 0 Å². The van der Waals surface area contributed by atoms with Gasteiger partial charge in [-0.15, -0.1) is 0 Å². The number of hydrogen-bond donors (Lipinski definition) is 0. The Morgan fingerprint density at radius 3 is 2.83 bits per heavy atom. The molecule has 0 heteroatoms. The van der Waals surface area contributed by atoms with Crippen molar-refractivity contribution in [1.82, 2.24) is 0 Å². The van der Waals surface area contributed by atoms with Gasteiger partial charge < -0.3 is 0 Å². The first-order valence-electron chi connectivity index (χ1n) is 5.34. The first-order chi connectivity index (χ1) is 5.68. The minimum atomic E-state index is 0.766. The second-order valence-electron chi connectivity index (χ2n) is 5.21. The van der Waals surface area contributed by atoms with Gasteiger partial charge in [-0.2, -0.15) is 0 Å². The summed E-state index contributed by atoms with van der Waals surface area (Å²) in [5.74, 6) is 1.02. The first kappa shape index (κ1) is 8.34. The molecule has 0 saturated heterocycles. The van der Waals surface area contributed by atoms with Crippen LogP contribution in [0.25, 0.3) is 0 Å². The van der Waals surface area contributed by atoms with Crippen molar-refractivity contribution in [3.05, 3.63) is 11.6 Å². The lowest BCUT2D eigenvalue weighted by molar-refractivity contribution is 0.345. The molecule has 1 atom stereocenters. The van der Waals surface area contributed by atoms with Crippen LogP contribution in [0.2, 0.25) is 0 Å². The molecule has 68 valence electrons. The van der Waals surface area contributed by atoms with E-state index in [0.29, 0.717) is 0 Å². The fraction of sp³-hybridized carbons (Fsp3) is 0.833. The molecule has 2 rings (SSSR count). The van der Waals surface area contributed by atoms with Crippen LogP contribution in [0.15, 0.2) is 11.6 Å². The summed E-state index contributed by atoms with van der Waals surface area (Å²) in [5.41, 5.74) is 2.40. The molecule has 12 heavy (non-hydrogen) atoms. The highest BCUT2D eigenvalue weighted by molar-refractivity contribution is 5.04. The maximum Gasteiger partial charge on any atom is -0.0294 e. The molecule has 0 bridgehead atoms. The molecule has 0 aliphatic heterocycles. The van der Waals surface area contributed by atoms with E-state index in [2.05, 4.69) is 19.9 Å². The third-order valence-electron chi connectivity index (χ3n) is 3.56. The Kier molecular flexibility index (Phi) is 2.02. The fourth-order valence-electron chi connectivity index (χ4n) is 2.49. The second-order valence-corrected chi connectivity index (χ2v) is 5.21. The molecule has 0 aromatic heterocycles. The van der Waals surface area contributed by atoms with Gasteiger partial charge in [0.25, 0.3) is 0 Å². The van der Waals surface area contributed by atoms with Crippen molar-refractivity contribution >= 4 is 0 Å². The molecule has 0 nitrogen and oxygen atoms in total. The summed E-state index contributed by atoms with van der Waals surface area (Å²) >= 11 is 0. The maximum absolute atomic E-state index is 2.46. The second kappa shape index (κ2) is 2.90. The highest BCUT2D eigenvalue weighted by Gasteiger charge is 2.39. The highest BCUT2D eigenvalue weighted by atomic mass is 14.4. The van der Waals surface area contributed by atoms with Crippen LogP contribution < -0.4 is 0 Å². The molecule has 0 aromatic rings. The van der Waals surface area contributed by atoms with Crippen LogP contribution in [-0.4, -0.2) is 0 Å². The third kappa shape index (κ3) is 1.91. The van der Waals surface area contributed by atoms with E-state index in [-0.39, 0.29) is 0 Å². The van der Waals surface area contributed by atoms with Crippen LogP contribution in [0.1, 0.15) is 52.4 Å². The van der Waals surface area contributed by atoms with E-state index in [9.17, 15) is 0 Å². The van der Waals surface area contributed by atoms with Crippen LogP contribution in [0, 0.1) is 11.3 Å².